The molecule has 2 heterocycles. The lowest BCUT2D eigenvalue weighted by molar-refractivity contribution is -0.120. The first-order chi connectivity index (χ1) is 12.4. The Morgan fingerprint density at radius 3 is 2.65 bits per heavy atom. The summed E-state index contributed by atoms with van der Waals surface area (Å²) in [5, 5.41) is 0. The summed E-state index contributed by atoms with van der Waals surface area (Å²) < 4.78 is 0. The van der Waals surface area contributed by atoms with Crippen LogP contribution in [-0.4, -0.2) is 41.6 Å². The van der Waals surface area contributed by atoms with E-state index in [1.165, 1.54) is 6.20 Å². The molecule has 26 heavy (non-hydrogen) atoms. The quantitative estimate of drug-likeness (QED) is 0.754. The van der Waals surface area contributed by atoms with E-state index in [1.54, 1.807) is 30.3 Å². The van der Waals surface area contributed by atoms with Gasteiger partial charge in [-0.1, -0.05) is 19.6 Å². The number of hydrogen-bond acceptors (Lipinski definition) is 6. The number of allylic oxidation sites excluding steroid dienone is 2. The summed E-state index contributed by atoms with van der Waals surface area (Å²) in [6, 6.07) is -0.133. The van der Waals surface area contributed by atoms with E-state index in [9.17, 15) is 4.79 Å². The molecule has 0 saturated carbocycles. The molecular weight excluding hydrogens is 328 g/mol. The number of aromatic nitrogens is 2. The lowest BCUT2D eigenvalue weighted by Gasteiger charge is -2.42. The highest BCUT2D eigenvalue weighted by Crippen LogP contribution is 2.36. The maximum Gasteiger partial charge on any atom is 0.249 e. The Bertz CT molecular complexity index is 752. The number of likely N-dealkylation sites (N-methyl/N-ethyl adjacent to an activating group) is 1. The third kappa shape index (κ3) is 3.35. The molecule has 1 amide bonds. The smallest absolute Gasteiger partial charge is 0.249 e. The SMILES string of the molecule is C=C/C(CN)=C(\C=C/N)c1ncc2c(n1)N(C(C)C)[C@H](CC)C(=O)N2C. The molecule has 0 radical (unpaired) electrons. The van der Waals surface area contributed by atoms with Gasteiger partial charge in [-0.3, -0.25) is 4.79 Å². The second-order valence-corrected chi connectivity index (χ2v) is 6.43. The Kier molecular flexibility index (Phi) is 6.15. The van der Waals surface area contributed by atoms with Crippen LogP contribution in [-0.2, 0) is 4.79 Å². The molecule has 7 nitrogen and oxygen atoms in total. The van der Waals surface area contributed by atoms with Gasteiger partial charge in [0.15, 0.2) is 11.6 Å². The van der Waals surface area contributed by atoms with Gasteiger partial charge in [-0.05, 0) is 38.1 Å². The zero-order valence-corrected chi connectivity index (χ0v) is 15.9. The number of rotatable bonds is 6. The summed E-state index contributed by atoms with van der Waals surface area (Å²) in [5.74, 6) is 1.30. The second-order valence-electron chi connectivity index (χ2n) is 6.43. The Balaban J connectivity index is 2.71. The van der Waals surface area contributed by atoms with Gasteiger partial charge in [0.1, 0.15) is 11.7 Å². The lowest BCUT2D eigenvalue weighted by Crippen LogP contribution is -2.55. The minimum atomic E-state index is -0.249. The zero-order valence-electron chi connectivity index (χ0n) is 15.9. The highest BCUT2D eigenvalue weighted by Gasteiger charge is 2.38. The van der Waals surface area contributed by atoms with Crippen LogP contribution >= 0.6 is 0 Å². The number of fused-ring (bicyclic) bond motifs is 1. The van der Waals surface area contributed by atoms with Crippen molar-refractivity contribution in [2.24, 2.45) is 11.5 Å². The molecule has 0 spiro atoms. The first kappa shape index (κ1) is 19.7. The van der Waals surface area contributed by atoms with Crippen molar-refractivity contribution >= 4 is 23.0 Å². The van der Waals surface area contributed by atoms with E-state index in [2.05, 4.69) is 30.3 Å². The van der Waals surface area contributed by atoms with Crippen LogP contribution in [0.3, 0.4) is 0 Å². The number of nitrogens with two attached hydrogens (primary N) is 2. The monoisotopic (exact) mass is 356 g/mol. The highest BCUT2D eigenvalue weighted by molar-refractivity contribution is 6.04. The van der Waals surface area contributed by atoms with Gasteiger partial charge >= 0.3 is 0 Å². The van der Waals surface area contributed by atoms with Gasteiger partial charge < -0.3 is 21.3 Å². The van der Waals surface area contributed by atoms with Crippen LogP contribution in [0.4, 0.5) is 11.5 Å². The molecule has 0 fully saturated rings. The van der Waals surface area contributed by atoms with Crippen molar-refractivity contribution in [3.05, 3.63) is 42.5 Å². The molecule has 1 aromatic rings. The fourth-order valence-electron chi connectivity index (χ4n) is 3.23. The van der Waals surface area contributed by atoms with Gasteiger partial charge in [0.2, 0.25) is 5.91 Å². The van der Waals surface area contributed by atoms with Crippen LogP contribution in [0.5, 0.6) is 0 Å². The summed E-state index contributed by atoms with van der Waals surface area (Å²) in [7, 11) is 1.76. The molecule has 0 saturated heterocycles. The normalized spacial score (nSPS) is 18.4. The van der Waals surface area contributed by atoms with E-state index in [4.69, 9.17) is 16.5 Å². The molecule has 0 unspecified atom stereocenters. The summed E-state index contributed by atoms with van der Waals surface area (Å²) in [6.07, 6.45) is 7.22. The predicted octanol–water partition coefficient (Wildman–Crippen LogP) is 1.82. The number of nitrogens with zero attached hydrogens (tertiary/aromatic N) is 4. The number of hydrogen-bond donors (Lipinski definition) is 2. The van der Waals surface area contributed by atoms with E-state index in [-0.39, 0.29) is 18.0 Å². The molecule has 0 aliphatic carbocycles. The Morgan fingerprint density at radius 1 is 1.46 bits per heavy atom. The van der Waals surface area contributed by atoms with Crippen molar-refractivity contribution in [3.63, 3.8) is 0 Å². The molecule has 1 aromatic heterocycles. The van der Waals surface area contributed by atoms with Crippen LogP contribution in [0.2, 0.25) is 0 Å². The summed E-state index contributed by atoms with van der Waals surface area (Å²) in [5.41, 5.74) is 13.7. The molecule has 140 valence electrons. The average molecular weight is 356 g/mol. The molecule has 2 rings (SSSR count). The molecule has 1 aliphatic rings. The first-order valence-corrected chi connectivity index (χ1v) is 8.78. The molecule has 0 aromatic carbocycles. The Labute approximate surface area is 155 Å². The number of amides is 1. The summed E-state index contributed by atoms with van der Waals surface area (Å²) in [4.78, 5) is 25.7. The third-order valence-electron chi connectivity index (χ3n) is 4.57. The first-order valence-electron chi connectivity index (χ1n) is 8.78. The van der Waals surface area contributed by atoms with Gasteiger partial charge in [0, 0.05) is 25.2 Å². The van der Waals surface area contributed by atoms with E-state index < -0.39 is 0 Å². The average Bonchev–Trinajstić information content (AvgIpc) is 2.63. The van der Waals surface area contributed by atoms with Gasteiger partial charge in [-0.2, -0.15) is 0 Å². The van der Waals surface area contributed by atoms with Crippen LogP contribution < -0.4 is 21.3 Å². The van der Waals surface area contributed by atoms with Crippen LogP contribution in [0.15, 0.2) is 36.7 Å². The fourth-order valence-corrected chi connectivity index (χ4v) is 3.23. The van der Waals surface area contributed by atoms with Crippen molar-refractivity contribution in [3.8, 4) is 0 Å². The molecule has 1 aliphatic heterocycles. The minimum Gasteiger partial charge on any atom is -0.405 e. The van der Waals surface area contributed by atoms with Crippen molar-refractivity contribution in [1.82, 2.24) is 9.97 Å². The number of anilines is 2. The van der Waals surface area contributed by atoms with Crippen molar-refractivity contribution in [2.45, 2.75) is 39.3 Å². The molecule has 1 atom stereocenters. The second kappa shape index (κ2) is 8.14. The lowest BCUT2D eigenvalue weighted by atomic mass is 10.0. The maximum absolute atomic E-state index is 12.7. The largest absolute Gasteiger partial charge is 0.405 e. The third-order valence-corrected chi connectivity index (χ3v) is 4.57. The maximum atomic E-state index is 12.7. The van der Waals surface area contributed by atoms with E-state index in [1.807, 2.05) is 6.92 Å². The number of carbonyl (C=O) groups is 1. The van der Waals surface area contributed by atoms with Gasteiger partial charge in [0.05, 0.1) is 6.20 Å². The summed E-state index contributed by atoms with van der Waals surface area (Å²) >= 11 is 0. The van der Waals surface area contributed by atoms with E-state index in [0.717, 1.165) is 17.0 Å². The highest BCUT2D eigenvalue weighted by atomic mass is 16.2. The Hall–Kier alpha value is -2.67. The van der Waals surface area contributed by atoms with Gasteiger partial charge in [0.25, 0.3) is 0 Å². The van der Waals surface area contributed by atoms with Crippen molar-refractivity contribution < 1.29 is 4.79 Å². The topological polar surface area (TPSA) is 101 Å². The molecule has 0 bridgehead atoms. The van der Waals surface area contributed by atoms with Crippen molar-refractivity contribution in [2.75, 3.05) is 23.4 Å². The van der Waals surface area contributed by atoms with Crippen LogP contribution in [0, 0.1) is 0 Å². The van der Waals surface area contributed by atoms with Crippen molar-refractivity contribution in [1.29, 1.82) is 0 Å². The van der Waals surface area contributed by atoms with Crippen LogP contribution in [0.25, 0.3) is 5.57 Å². The molecule has 4 N–H and O–H groups in total. The predicted molar refractivity (Wildman–Crippen MR) is 107 cm³/mol. The Morgan fingerprint density at radius 2 is 2.15 bits per heavy atom. The molecule has 7 heteroatoms. The standard InChI is InChI=1S/C19H28N6O/c1-6-13(10-21)14(8-9-20)17-22-11-16-18(23-17)25(12(3)4)15(7-2)19(26)24(16)5/h6,8-9,11-12,15H,1,7,10,20-21H2,2-5H3/b9-8-,14-13-/t15-/m1/s1. The van der Waals surface area contributed by atoms with Crippen LogP contribution in [0.1, 0.15) is 33.0 Å². The zero-order chi connectivity index (χ0) is 19.4. The van der Waals surface area contributed by atoms with Gasteiger partial charge in [-0.25, -0.2) is 9.97 Å². The minimum absolute atomic E-state index is 0.0522. The fraction of sp³-hybridized carbons (Fsp3) is 0.421. The van der Waals surface area contributed by atoms with E-state index >= 15 is 0 Å². The van der Waals surface area contributed by atoms with E-state index in [0.29, 0.717) is 24.5 Å². The van der Waals surface area contributed by atoms with Gasteiger partial charge in [-0.15, -0.1) is 0 Å². The number of carbonyl (C=O) groups excluding carboxylic acids is 1. The molecular formula is C19H28N6O. The summed E-state index contributed by atoms with van der Waals surface area (Å²) in [6.45, 7) is 10.2.